The molecule has 0 radical (unpaired) electrons. The van der Waals surface area contributed by atoms with Crippen molar-refractivity contribution < 1.29 is 0 Å². The molecule has 0 spiro atoms. The zero-order chi connectivity index (χ0) is 9.26. The van der Waals surface area contributed by atoms with Crippen LogP contribution in [-0.4, -0.2) is 24.0 Å². The van der Waals surface area contributed by atoms with Crippen LogP contribution in [0.3, 0.4) is 0 Å². The van der Waals surface area contributed by atoms with E-state index in [9.17, 15) is 0 Å². The second kappa shape index (κ2) is 3.44. The van der Waals surface area contributed by atoms with Crippen molar-refractivity contribution >= 4 is 0 Å². The molecule has 1 aromatic heterocycles. The molecule has 1 aliphatic heterocycles. The van der Waals surface area contributed by atoms with Crippen molar-refractivity contribution in [3.05, 3.63) is 29.1 Å². The first-order valence-corrected chi connectivity index (χ1v) is 4.59. The zero-order valence-corrected chi connectivity index (χ0v) is 8.17. The van der Waals surface area contributed by atoms with Crippen LogP contribution in [0.5, 0.6) is 0 Å². The summed E-state index contributed by atoms with van der Waals surface area (Å²) < 4.78 is 0. The highest BCUT2D eigenvalue weighted by Crippen LogP contribution is 2.19. The SMILES string of the molecule is CNCc1cnc2c(c1)CN(C)C2. The monoisotopic (exact) mass is 177 g/mol. The molecular formula is C10H15N3. The fourth-order valence-electron chi connectivity index (χ4n) is 1.77. The Morgan fingerprint density at radius 1 is 1.54 bits per heavy atom. The van der Waals surface area contributed by atoms with Crippen LogP contribution in [0.25, 0.3) is 0 Å². The molecule has 0 atom stereocenters. The highest BCUT2D eigenvalue weighted by molar-refractivity contribution is 5.28. The lowest BCUT2D eigenvalue weighted by molar-refractivity contribution is 0.351. The van der Waals surface area contributed by atoms with Gasteiger partial charge in [0.15, 0.2) is 0 Å². The maximum absolute atomic E-state index is 4.45. The summed E-state index contributed by atoms with van der Waals surface area (Å²) in [5.41, 5.74) is 3.90. The molecule has 0 saturated heterocycles. The Labute approximate surface area is 78.8 Å². The maximum atomic E-state index is 4.45. The van der Waals surface area contributed by atoms with Gasteiger partial charge < -0.3 is 5.32 Å². The Bertz CT molecular complexity index is 309. The predicted octanol–water partition coefficient (Wildman–Crippen LogP) is 0.746. The minimum absolute atomic E-state index is 0.907. The van der Waals surface area contributed by atoms with Crippen LogP contribution in [0.2, 0.25) is 0 Å². The lowest BCUT2D eigenvalue weighted by Crippen LogP contribution is -2.07. The van der Waals surface area contributed by atoms with Crippen molar-refractivity contribution in [2.45, 2.75) is 19.6 Å². The predicted molar refractivity (Wildman–Crippen MR) is 52.2 cm³/mol. The Kier molecular flexibility index (Phi) is 2.29. The molecule has 3 nitrogen and oxygen atoms in total. The number of pyridine rings is 1. The first kappa shape index (κ1) is 8.66. The maximum Gasteiger partial charge on any atom is 0.0589 e. The number of hydrogen-bond acceptors (Lipinski definition) is 3. The summed E-state index contributed by atoms with van der Waals surface area (Å²) in [5, 5.41) is 3.13. The minimum atomic E-state index is 0.907. The van der Waals surface area contributed by atoms with Crippen molar-refractivity contribution in [3.63, 3.8) is 0 Å². The van der Waals surface area contributed by atoms with E-state index in [0.717, 1.165) is 19.6 Å². The van der Waals surface area contributed by atoms with Crippen LogP contribution in [0.15, 0.2) is 12.3 Å². The van der Waals surface area contributed by atoms with Gasteiger partial charge in [-0.2, -0.15) is 0 Å². The Balaban J connectivity index is 2.24. The third-order valence-electron chi connectivity index (χ3n) is 2.36. The second-order valence-electron chi connectivity index (χ2n) is 3.65. The summed E-state index contributed by atoms with van der Waals surface area (Å²) >= 11 is 0. The van der Waals surface area contributed by atoms with E-state index in [1.807, 2.05) is 13.2 Å². The third-order valence-corrected chi connectivity index (χ3v) is 2.36. The van der Waals surface area contributed by atoms with Gasteiger partial charge in [-0.3, -0.25) is 9.88 Å². The van der Waals surface area contributed by atoms with Crippen LogP contribution < -0.4 is 5.32 Å². The molecule has 13 heavy (non-hydrogen) atoms. The minimum Gasteiger partial charge on any atom is -0.316 e. The molecule has 1 N–H and O–H groups in total. The summed E-state index contributed by atoms with van der Waals surface area (Å²) in [6, 6.07) is 2.25. The molecule has 0 aliphatic carbocycles. The average molecular weight is 177 g/mol. The van der Waals surface area contributed by atoms with Crippen molar-refractivity contribution in [2.75, 3.05) is 14.1 Å². The molecule has 1 aliphatic rings. The number of fused-ring (bicyclic) bond motifs is 1. The van der Waals surface area contributed by atoms with Crippen LogP contribution >= 0.6 is 0 Å². The van der Waals surface area contributed by atoms with E-state index in [0.29, 0.717) is 0 Å². The fraction of sp³-hybridized carbons (Fsp3) is 0.500. The lowest BCUT2D eigenvalue weighted by Gasteiger charge is -2.02. The Morgan fingerprint density at radius 2 is 2.38 bits per heavy atom. The van der Waals surface area contributed by atoms with E-state index in [-0.39, 0.29) is 0 Å². The van der Waals surface area contributed by atoms with E-state index >= 15 is 0 Å². The topological polar surface area (TPSA) is 28.2 Å². The van der Waals surface area contributed by atoms with E-state index < -0.39 is 0 Å². The normalized spacial score (nSPS) is 16.2. The molecule has 70 valence electrons. The van der Waals surface area contributed by atoms with Crippen LogP contribution in [-0.2, 0) is 19.6 Å². The van der Waals surface area contributed by atoms with Gasteiger partial charge in [-0.1, -0.05) is 0 Å². The highest BCUT2D eigenvalue weighted by atomic mass is 15.1. The van der Waals surface area contributed by atoms with Gasteiger partial charge in [-0.15, -0.1) is 0 Å². The number of aromatic nitrogens is 1. The van der Waals surface area contributed by atoms with Gasteiger partial charge in [0.2, 0.25) is 0 Å². The molecule has 0 saturated carbocycles. The smallest absolute Gasteiger partial charge is 0.0589 e. The summed E-state index contributed by atoms with van der Waals surface area (Å²) in [7, 11) is 4.08. The standard InChI is InChI=1S/C10H15N3/c1-11-4-8-3-9-6-13(2)7-10(9)12-5-8/h3,5,11H,4,6-7H2,1-2H3. The van der Waals surface area contributed by atoms with Gasteiger partial charge >= 0.3 is 0 Å². The second-order valence-corrected chi connectivity index (χ2v) is 3.65. The van der Waals surface area contributed by atoms with Crippen LogP contribution in [0.1, 0.15) is 16.8 Å². The quantitative estimate of drug-likeness (QED) is 0.722. The van der Waals surface area contributed by atoms with Gasteiger partial charge in [0.25, 0.3) is 0 Å². The van der Waals surface area contributed by atoms with Gasteiger partial charge in [-0.25, -0.2) is 0 Å². The molecule has 0 aromatic carbocycles. The Hall–Kier alpha value is -0.930. The summed E-state index contributed by atoms with van der Waals surface area (Å²) in [6.07, 6.45) is 1.97. The van der Waals surface area contributed by atoms with E-state index in [2.05, 4.69) is 28.3 Å². The van der Waals surface area contributed by atoms with Crippen LogP contribution in [0, 0.1) is 0 Å². The molecule has 2 heterocycles. The van der Waals surface area contributed by atoms with Gasteiger partial charge in [-0.05, 0) is 31.3 Å². The molecule has 0 bridgehead atoms. The largest absolute Gasteiger partial charge is 0.316 e. The molecule has 0 fully saturated rings. The molecule has 1 aromatic rings. The van der Waals surface area contributed by atoms with Gasteiger partial charge in [0, 0.05) is 25.8 Å². The number of nitrogens with zero attached hydrogens (tertiary/aromatic N) is 2. The Morgan fingerprint density at radius 3 is 3.15 bits per heavy atom. The van der Waals surface area contributed by atoms with E-state index in [1.54, 1.807) is 0 Å². The highest BCUT2D eigenvalue weighted by Gasteiger charge is 2.16. The summed E-state index contributed by atoms with van der Waals surface area (Å²) in [6.45, 7) is 2.94. The number of rotatable bonds is 2. The fourth-order valence-corrected chi connectivity index (χ4v) is 1.77. The van der Waals surface area contributed by atoms with Crippen LogP contribution in [0.4, 0.5) is 0 Å². The third kappa shape index (κ3) is 1.71. The number of nitrogens with one attached hydrogen (secondary N) is 1. The zero-order valence-electron chi connectivity index (χ0n) is 8.17. The van der Waals surface area contributed by atoms with Crippen molar-refractivity contribution in [3.8, 4) is 0 Å². The summed E-state index contributed by atoms with van der Waals surface area (Å²) in [4.78, 5) is 6.73. The molecule has 2 rings (SSSR count). The summed E-state index contributed by atoms with van der Waals surface area (Å²) in [5.74, 6) is 0. The molecular weight excluding hydrogens is 162 g/mol. The van der Waals surface area contributed by atoms with E-state index in [4.69, 9.17) is 0 Å². The molecule has 0 unspecified atom stereocenters. The average Bonchev–Trinajstić information content (AvgIpc) is 2.44. The lowest BCUT2D eigenvalue weighted by atomic mass is 10.1. The van der Waals surface area contributed by atoms with Crippen molar-refractivity contribution in [2.24, 2.45) is 0 Å². The molecule has 0 amide bonds. The van der Waals surface area contributed by atoms with Gasteiger partial charge in [0.05, 0.1) is 5.69 Å². The molecule has 3 heteroatoms. The van der Waals surface area contributed by atoms with E-state index in [1.165, 1.54) is 16.8 Å². The number of hydrogen-bond donors (Lipinski definition) is 1. The van der Waals surface area contributed by atoms with Crippen molar-refractivity contribution in [1.82, 2.24) is 15.2 Å². The van der Waals surface area contributed by atoms with Gasteiger partial charge in [0.1, 0.15) is 0 Å². The first-order chi connectivity index (χ1) is 6.29. The van der Waals surface area contributed by atoms with Crippen molar-refractivity contribution in [1.29, 1.82) is 0 Å². The first-order valence-electron chi connectivity index (χ1n) is 4.59.